The average molecular weight is 374 g/mol. The number of fused-ring (bicyclic) bond motifs is 1. The van der Waals surface area contributed by atoms with Gasteiger partial charge in [-0.05, 0) is 44.5 Å². The van der Waals surface area contributed by atoms with E-state index in [9.17, 15) is 14.7 Å². The number of hydrogen-bond acceptors (Lipinski definition) is 5. The number of ether oxygens (including phenoxy) is 1. The van der Waals surface area contributed by atoms with Crippen LogP contribution >= 0.6 is 0 Å². The number of carbonyl (C=O) groups excluding carboxylic acids is 2. The van der Waals surface area contributed by atoms with E-state index in [-0.39, 0.29) is 18.0 Å². The van der Waals surface area contributed by atoms with Gasteiger partial charge in [0.05, 0.1) is 5.41 Å². The average Bonchev–Trinajstić information content (AvgIpc) is 2.93. The molecular formula is C21H30N2O4. The Morgan fingerprint density at radius 2 is 1.78 bits per heavy atom. The van der Waals surface area contributed by atoms with Gasteiger partial charge in [-0.25, -0.2) is 0 Å². The summed E-state index contributed by atoms with van der Waals surface area (Å²) in [6.07, 6.45) is 1.26. The Hall–Kier alpha value is -2.34. The fraction of sp³-hybridized carbons (Fsp3) is 0.524. The number of H-pyrrole nitrogens is 1. The minimum Gasteiger partial charge on any atom is -0.508 e. The fourth-order valence-corrected chi connectivity index (χ4v) is 2.78. The van der Waals surface area contributed by atoms with Crippen LogP contribution in [0.5, 0.6) is 5.75 Å². The Bertz CT molecular complexity index is 840. The van der Waals surface area contributed by atoms with Gasteiger partial charge in [-0.1, -0.05) is 20.8 Å². The first kappa shape index (κ1) is 21.0. The normalized spacial score (nSPS) is 14.8. The van der Waals surface area contributed by atoms with E-state index in [1.54, 1.807) is 65.9 Å². The van der Waals surface area contributed by atoms with E-state index in [2.05, 4.69) is 4.98 Å². The molecule has 2 atom stereocenters. The molecule has 0 aliphatic carbocycles. The van der Waals surface area contributed by atoms with Crippen LogP contribution in [0.3, 0.4) is 0 Å². The van der Waals surface area contributed by atoms with Gasteiger partial charge in [0.15, 0.2) is 5.78 Å². The Kier molecular flexibility index (Phi) is 5.71. The van der Waals surface area contributed by atoms with Gasteiger partial charge in [-0.15, -0.1) is 0 Å². The number of rotatable bonds is 5. The molecule has 0 aliphatic rings. The minimum absolute atomic E-state index is 0.140. The molecule has 6 heteroatoms. The molecule has 4 N–H and O–H groups in total. The molecule has 27 heavy (non-hydrogen) atoms. The maximum absolute atomic E-state index is 12.7. The van der Waals surface area contributed by atoms with E-state index in [0.29, 0.717) is 0 Å². The molecule has 2 unspecified atom stereocenters. The molecule has 1 aromatic heterocycles. The smallest absolute Gasteiger partial charge is 0.311 e. The molecule has 0 bridgehead atoms. The van der Waals surface area contributed by atoms with E-state index in [0.717, 1.165) is 16.5 Å². The van der Waals surface area contributed by atoms with Crippen molar-refractivity contribution in [3.63, 3.8) is 0 Å². The Morgan fingerprint density at radius 1 is 1.15 bits per heavy atom. The fourth-order valence-electron chi connectivity index (χ4n) is 2.78. The number of hydrogen-bond donors (Lipinski definition) is 3. The van der Waals surface area contributed by atoms with Gasteiger partial charge in [0, 0.05) is 28.9 Å². The number of carbonyl (C=O) groups is 2. The van der Waals surface area contributed by atoms with Crippen LogP contribution in [0, 0.1) is 10.8 Å². The predicted octanol–water partition coefficient (Wildman–Crippen LogP) is 3.32. The second-order valence-corrected chi connectivity index (χ2v) is 9.08. The Balaban J connectivity index is 2.37. The van der Waals surface area contributed by atoms with Crippen LogP contribution in [0.25, 0.3) is 10.9 Å². The van der Waals surface area contributed by atoms with Crippen molar-refractivity contribution >= 4 is 22.7 Å². The summed E-state index contributed by atoms with van der Waals surface area (Å²) in [5, 5.41) is 10.6. The number of nitrogens with two attached hydrogens (primary N) is 1. The van der Waals surface area contributed by atoms with Gasteiger partial charge in [0.2, 0.25) is 0 Å². The largest absolute Gasteiger partial charge is 0.508 e. The van der Waals surface area contributed by atoms with E-state index in [1.165, 1.54) is 0 Å². The van der Waals surface area contributed by atoms with Gasteiger partial charge in [-0.3, -0.25) is 9.59 Å². The molecule has 0 saturated carbocycles. The number of ketones is 1. The molecule has 148 valence electrons. The summed E-state index contributed by atoms with van der Waals surface area (Å²) in [5.41, 5.74) is 6.56. The summed E-state index contributed by atoms with van der Waals surface area (Å²) >= 11 is 0. The first-order valence-corrected chi connectivity index (χ1v) is 9.10. The van der Waals surface area contributed by atoms with Crippen molar-refractivity contribution in [1.29, 1.82) is 0 Å². The third-order valence-corrected chi connectivity index (χ3v) is 4.49. The van der Waals surface area contributed by atoms with Crippen molar-refractivity contribution in [2.45, 2.75) is 60.1 Å². The molecule has 2 aromatic rings. The van der Waals surface area contributed by atoms with E-state index < -0.39 is 28.9 Å². The maximum Gasteiger partial charge on any atom is 0.311 e. The van der Waals surface area contributed by atoms with Gasteiger partial charge >= 0.3 is 5.97 Å². The highest BCUT2D eigenvalue weighted by Gasteiger charge is 2.37. The molecule has 0 aliphatic heterocycles. The molecule has 0 radical (unpaired) electrons. The molecule has 0 fully saturated rings. The van der Waals surface area contributed by atoms with Crippen molar-refractivity contribution in [2.24, 2.45) is 16.6 Å². The molecule has 0 saturated heterocycles. The lowest BCUT2D eigenvalue weighted by atomic mass is 9.83. The molecule has 1 heterocycles. The van der Waals surface area contributed by atoms with E-state index in [1.807, 2.05) is 0 Å². The van der Waals surface area contributed by atoms with Crippen LogP contribution in [0.1, 0.15) is 47.1 Å². The minimum atomic E-state index is -0.946. The number of aromatic hydroxyl groups is 1. The number of benzene rings is 1. The number of esters is 1. The van der Waals surface area contributed by atoms with E-state index >= 15 is 0 Å². The van der Waals surface area contributed by atoms with Crippen molar-refractivity contribution in [3.8, 4) is 5.75 Å². The number of nitrogens with one attached hydrogen (secondary N) is 1. The van der Waals surface area contributed by atoms with Crippen LogP contribution in [0.15, 0.2) is 24.4 Å². The van der Waals surface area contributed by atoms with Gasteiger partial charge in [0.1, 0.15) is 17.9 Å². The second kappa shape index (κ2) is 7.35. The molecule has 0 amide bonds. The lowest BCUT2D eigenvalue weighted by Gasteiger charge is -2.30. The number of aromatic nitrogens is 1. The summed E-state index contributed by atoms with van der Waals surface area (Å²) in [7, 11) is 0. The quantitative estimate of drug-likeness (QED) is 0.696. The molecular weight excluding hydrogens is 344 g/mol. The van der Waals surface area contributed by atoms with Crippen LogP contribution in [-0.4, -0.2) is 34.0 Å². The lowest BCUT2D eigenvalue weighted by Crippen LogP contribution is -2.50. The summed E-state index contributed by atoms with van der Waals surface area (Å²) in [6, 6.07) is 4.05. The highest BCUT2D eigenvalue weighted by atomic mass is 16.5. The number of phenols is 1. The zero-order valence-corrected chi connectivity index (χ0v) is 16.9. The summed E-state index contributed by atoms with van der Waals surface area (Å²) < 4.78 is 5.68. The number of Topliss-reactive ketones (excluding diaryl/α,β-unsaturated/α-hetero) is 1. The highest BCUT2D eigenvalue weighted by molar-refractivity contribution is 5.90. The number of phenolic OH excluding ortho intramolecular Hbond substituents is 1. The maximum atomic E-state index is 12.7. The second-order valence-electron chi connectivity index (χ2n) is 9.08. The third kappa shape index (κ3) is 4.89. The first-order valence-electron chi connectivity index (χ1n) is 9.10. The summed E-state index contributed by atoms with van der Waals surface area (Å²) in [5.74, 6) is -0.439. The summed E-state index contributed by atoms with van der Waals surface area (Å²) in [4.78, 5) is 28.3. The van der Waals surface area contributed by atoms with Crippen molar-refractivity contribution in [3.05, 3.63) is 30.0 Å². The van der Waals surface area contributed by atoms with Crippen molar-refractivity contribution in [2.75, 3.05) is 0 Å². The zero-order valence-electron chi connectivity index (χ0n) is 16.9. The zero-order chi connectivity index (χ0) is 20.6. The SMILES string of the molecule is CC(C)(C)C(=O)OC(Cc1c[nH]c2ccc(O)cc12)C(N)C(=O)C(C)(C)C. The van der Waals surface area contributed by atoms with Crippen LogP contribution in [-0.2, 0) is 20.7 Å². The molecule has 1 aromatic carbocycles. The van der Waals surface area contributed by atoms with Crippen molar-refractivity contribution < 1.29 is 19.4 Å². The standard InChI is InChI=1S/C21H30N2O4/c1-20(2,3)18(25)17(22)16(27-19(26)21(4,5)6)9-12-11-23-15-8-7-13(24)10-14(12)15/h7-8,10-11,16-17,23-24H,9,22H2,1-6H3. The van der Waals surface area contributed by atoms with Gasteiger partial charge in [0.25, 0.3) is 0 Å². The van der Waals surface area contributed by atoms with Gasteiger partial charge in [-0.2, -0.15) is 0 Å². The predicted molar refractivity (Wildman–Crippen MR) is 105 cm³/mol. The third-order valence-electron chi connectivity index (χ3n) is 4.49. The Labute approximate surface area is 160 Å². The van der Waals surface area contributed by atoms with Crippen LogP contribution in [0.2, 0.25) is 0 Å². The van der Waals surface area contributed by atoms with Gasteiger partial charge < -0.3 is 20.6 Å². The number of aromatic amines is 1. The topological polar surface area (TPSA) is 105 Å². The Morgan fingerprint density at radius 3 is 2.33 bits per heavy atom. The molecule has 2 rings (SSSR count). The van der Waals surface area contributed by atoms with Crippen LogP contribution in [0.4, 0.5) is 0 Å². The molecule has 0 spiro atoms. The first-order chi connectivity index (χ1) is 12.3. The van der Waals surface area contributed by atoms with Crippen LogP contribution < -0.4 is 5.73 Å². The molecule has 6 nitrogen and oxygen atoms in total. The van der Waals surface area contributed by atoms with E-state index in [4.69, 9.17) is 10.5 Å². The monoisotopic (exact) mass is 374 g/mol. The summed E-state index contributed by atoms with van der Waals surface area (Å²) in [6.45, 7) is 10.7. The highest BCUT2D eigenvalue weighted by Crippen LogP contribution is 2.27. The lowest BCUT2D eigenvalue weighted by molar-refractivity contribution is -0.161. The van der Waals surface area contributed by atoms with Crippen molar-refractivity contribution in [1.82, 2.24) is 4.98 Å².